The topological polar surface area (TPSA) is 54.9 Å². The molecule has 0 bridgehead atoms. The third-order valence-corrected chi connectivity index (χ3v) is 3.46. The zero-order valence-electron chi connectivity index (χ0n) is 10.1. The Morgan fingerprint density at radius 3 is 2.61 bits per heavy atom. The third kappa shape index (κ3) is 2.18. The highest BCUT2D eigenvalue weighted by Crippen LogP contribution is 2.26. The highest BCUT2D eigenvalue weighted by Gasteiger charge is 2.22. The number of hydrogen-bond donors (Lipinski definition) is 1. The molecule has 3 rings (SSSR count). The Morgan fingerprint density at radius 1 is 1.11 bits per heavy atom. The van der Waals surface area contributed by atoms with Crippen molar-refractivity contribution < 1.29 is 4.79 Å². The van der Waals surface area contributed by atoms with Gasteiger partial charge in [0.15, 0.2) is 0 Å². The smallest absolute Gasteiger partial charge is 0.227 e. The maximum atomic E-state index is 12.0. The Bertz CT molecular complexity index is 576. The Morgan fingerprint density at radius 2 is 1.83 bits per heavy atom. The summed E-state index contributed by atoms with van der Waals surface area (Å²) >= 11 is 0. The predicted molar refractivity (Wildman–Crippen MR) is 70.1 cm³/mol. The molecule has 1 saturated carbocycles. The molecule has 1 aromatic carbocycles. The monoisotopic (exact) mass is 241 g/mol. The van der Waals surface area contributed by atoms with Crippen molar-refractivity contribution in [3.05, 3.63) is 30.6 Å². The first kappa shape index (κ1) is 11.1. The lowest BCUT2D eigenvalue weighted by Gasteiger charge is -2.10. The van der Waals surface area contributed by atoms with Crippen molar-refractivity contribution >= 4 is 22.6 Å². The first-order valence-corrected chi connectivity index (χ1v) is 6.34. The van der Waals surface area contributed by atoms with Crippen molar-refractivity contribution in [2.24, 2.45) is 5.92 Å². The zero-order valence-corrected chi connectivity index (χ0v) is 10.1. The van der Waals surface area contributed by atoms with Crippen LogP contribution in [0.5, 0.6) is 0 Å². The molecule has 92 valence electrons. The number of fused-ring (bicyclic) bond motifs is 1. The summed E-state index contributed by atoms with van der Waals surface area (Å²) in [5, 5.41) is 2.97. The summed E-state index contributed by atoms with van der Waals surface area (Å²) < 4.78 is 0. The number of benzene rings is 1. The van der Waals surface area contributed by atoms with Gasteiger partial charge >= 0.3 is 0 Å². The molecule has 0 atom stereocenters. The van der Waals surface area contributed by atoms with E-state index in [0.29, 0.717) is 0 Å². The van der Waals surface area contributed by atoms with Gasteiger partial charge in [0.2, 0.25) is 5.91 Å². The summed E-state index contributed by atoms with van der Waals surface area (Å²) in [5.41, 5.74) is 2.46. The molecule has 1 heterocycles. The predicted octanol–water partition coefficient (Wildman–Crippen LogP) is 2.76. The number of nitrogens with one attached hydrogen (secondary N) is 1. The molecule has 4 heteroatoms. The van der Waals surface area contributed by atoms with Crippen LogP contribution < -0.4 is 5.32 Å². The van der Waals surface area contributed by atoms with Crippen LogP contribution >= 0.6 is 0 Å². The quantitative estimate of drug-likeness (QED) is 0.879. The van der Waals surface area contributed by atoms with Gasteiger partial charge in [0.05, 0.1) is 11.0 Å². The maximum Gasteiger partial charge on any atom is 0.227 e. The van der Waals surface area contributed by atoms with Gasteiger partial charge in [0.25, 0.3) is 0 Å². The van der Waals surface area contributed by atoms with Gasteiger partial charge in [0.1, 0.15) is 0 Å². The van der Waals surface area contributed by atoms with Crippen LogP contribution in [0.4, 0.5) is 5.69 Å². The number of nitrogens with zero attached hydrogens (tertiary/aromatic N) is 2. The normalized spacial score (nSPS) is 16.0. The van der Waals surface area contributed by atoms with Crippen molar-refractivity contribution in [2.75, 3.05) is 5.32 Å². The second-order valence-corrected chi connectivity index (χ2v) is 4.73. The molecule has 1 aliphatic carbocycles. The zero-order chi connectivity index (χ0) is 12.4. The number of anilines is 1. The molecule has 1 aliphatic rings. The molecule has 4 nitrogen and oxygen atoms in total. The van der Waals surface area contributed by atoms with Crippen LogP contribution in [-0.4, -0.2) is 15.9 Å². The third-order valence-electron chi connectivity index (χ3n) is 3.46. The number of aromatic nitrogens is 2. The van der Waals surface area contributed by atoms with Crippen molar-refractivity contribution in [3.8, 4) is 0 Å². The average molecular weight is 241 g/mol. The largest absolute Gasteiger partial charge is 0.326 e. The summed E-state index contributed by atoms with van der Waals surface area (Å²) in [4.78, 5) is 20.4. The molecule has 0 radical (unpaired) electrons. The van der Waals surface area contributed by atoms with E-state index in [2.05, 4.69) is 15.3 Å². The molecule has 0 spiro atoms. The Kier molecular flexibility index (Phi) is 2.92. The minimum atomic E-state index is 0.135. The van der Waals surface area contributed by atoms with E-state index in [1.807, 2.05) is 18.2 Å². The van der Waals surface area contributed by atoms with E-state index in [-0.39, 0.29) is 11.8 Å². The van der Waals surface area contributed by atoms with E-state index in [4.69, 9.17) is 0 Å². The summed E-state index contributed by atoms with van der Waals surface area (Å²) in [7, 11) is 0. The number of amides is 1. The number of carbonyl (C=O) groups excluding carboxylic acids is 1. The van der Waals surface area contributed by atoms with E-state index >= 15 is 0 Å². The van der Waals surface area contributed by atoms with Gasteiger partial charge in [-0.3, -0.25) is 14.8 Å². The molecule has 18 heavy (non-hydrogen) atoms. The van der Waals surface area contributed by atoms with Crippen LogP contribution in [0, 0.1) is 5.92 Å². The van der Waals surface area contributed by atoms with Crippen molar-refractivity contribution in [1.82, 2.24) is 9.97 Å². The van der Waals surface area contributed by atoms with Gasteiger partial charge in [-0.05, 0) is 31.0 Å². The molecule has 1 amide bonds. The van der Waals surface area contributed by atoms with Crippen molar-refractivity contribution in [1.29, 1.82) is 0 Å². The van der Waals surface area contributed by atoms with E-state index in [9.17, 15) is 4.79 Å². The van der Waals surface area contributed by atoms with Crippen molar-refractivity contribution in [3.63, 3.8) is 0 Å². The van der Waals surface area contributed by atoms with Crippen LogP contribution in [-0.2, 0) is 4.79 Å². The second kappa shape index (κ2) is 4.72. The van der Waals surface area contributed by atoms with Crippen LogP contribution in [0.1, 0.15) is 25.7 Å². The molecule has 1 fully saturated rings. The Hall–Kier alpha value is -1.97. The lowest BCUT2D eigenvalue weighted by Crippen LogP contribution is -2.20. The van der Waals surface area contributed by atoms with Crippen LogP contribution in [0.3, 0.4) is 0 Å². The fourth-order valence-corrected chi connectivity index (χ4v) is 2.47. The summed E-state index contributed by atoms with van der Waals surface area (Å²) in [6.45, 7) is 0. The van der Waals surface area contributed by atoms with Crippen molar-refractivity contribution in [2.45, 2.75) is 25.7 Å². The summed E-state index contributed by atoms with van der Waals surface area (Å²) in [6, 6.07) is 5.63. The Labute approximate surface area is 105 Å². The first-order chi connectivity index (χ1) is 8.83. The fraction of sp³-hybridized carbons (Fsp3) is 0.357. The molecule has 0 unspecified atom stereocenters. The highest BCUT2D eigenvalue weighted by molar-refractivity contribution is 5.94. The summed E-state index contributed by atoms with van der Waals surface area (Å²) in [6.07, 6.45) is 7.69. The SMILES string of the molecule is O=C(Nc1ccc2nccnc2c1)C1CCCC1. The second-order valence-electron chi connectivity index (χ2n) is 4.73. The van der Waals surface area contributed by atoms with Gasteiger partial charge in [-0.2, -0.15) is 0 Å². The standard InChI is InChI=1S/C14H15N3O/c18-14(10-3-1-2-4-10)17-11-5-6-12-13(9-11)16-8-7-15-12/h5-10H,1-4H2,(H,17,18). The fourth-order valence-electron chi connectivity index (χ4n) is 2.47. The van der Waals surface area contributed by atoms with E-state index in [1.54, 1.807) is 12.4 Å². The average Bonchev–Trinajstić information content (AvgIpc) is 2.92. The lowest BCUT2D eigenvalue weighted by molar-refractivity contribution is -0.119. The summed E-state index contributed by atoms with van der Waals surface area (Å²) in [5.74, 6) is 0.318. The molecule has 2 aromatic rings. The van der Waals surface area contributed by atoms with Gasteiger partial charge in [0, 0.05) is 24.0 Å². The van der Waals surface area contributed by atoms with Gasteiger partial charge in [-0.1, -0.05) is 12.8 Å². The molecule has 0 saturated heterocycles. The number of carbonyl (C=O) groups is 1. The van der Waals surface area contributed by atoms with Gasteiger partial charge in [-0.25, -0.2) is 0 Å². The lowest BCUT2D eigenvalue weighted by atomic mass is 10.1. The highest BCUT2D eigenvalue weighted by atomic mass is 16.1. The van der Waals surface area contributed by atoms with E-state index in [1.165, 1.54) is 12.8 Å². The number of rotatable bonds is 2. The molecular weight excluding hydrogens is 226 g/mol. The molecule has 1 N–H and O–H groups in total. The Balaban J connectivity index is 1.79. The minimum Gasteiger partial charge on any atom is -0.326 e. The number of hydrogen-bond acceptors (Lipinski definition) is 3. The molecule has 1 aromatic heterocycles. The minimum absolute atomic E-state index is 0.135. The van der Waals surface area contributed by atoms with Crippen LogP contribution in [0.25, 0.3) is 11.0 Å². The maximum absolute atomic E-state index is 12.0. The van der Waals surface area contributed by atoms with E-state index < -0.39 is 0 Å². The van der Waals surface area contributed by atoms with Gasteiger partial charge < -0.3 is 5.32 Å². The van der Waals surface area contributed by atoms with Crippen LogP contribution in [0.15, 0.2) is 30.6 Å². The first-order valence-electron chi connectivity index (χ1n) is 6.34. The van der Waals surface area contributed by atoms with Crippen LogP contribution in [0.2, 0.25) is 0 Å². The molecular formula is C14H15N3O. The van der Waals surface area contributed by atoms with E-state index in [0.717, 1.165) is 29.6 Å². The van der Waals surface area contributed by atoms with Gasteiger partial charge in [-0.15, -0.1) is 0 Å². The molecule has 0 aliphatic heterocycles.